The number of amides is 4. The molecule has 2 aliphatic rings. The van der Waals surface area contributed by atoms with Gasteiger partial charge in [-0.1, -0.05) is 33.8 Å². The number of hydrogen-bond acceptors (Lipinski definition) is 10. The van der Waals surface area contributed by atoms with Crippen LogP contribution in [0.15, 0.2) is 48.9 Å². The maximum Gasteiger partial charge on any atom is 0.407 e. The number of imidazole rings is 2. The third-order valence-corrected chi connectivity index (χ3v) is 11.8. The first kappa shape index (κ1) is 40.3. The third kappa shape index (κ3) is 7.36. The minimum Gasteiger partial charge on any atom is -0.453 e. The lowest BCUT2D eigenvalue weighted by Crippen LogP contribution is -2.51. The largest absolute Gasteiger partial charge is 0.453 e. The lowest BCUT2D eigenvalue weighted by atomic mass is 10.0. The van der Waals surface area contributed by atoms with Crippen molar-refractivity contribution >= 4 is 51.5 Å². The number of carbonyl (C=O) groups is 4. The number of pyridine rings is 1. The zero-order valence-corrected chi connectivity index (χ0v) is 34.9. The number of benzene rings is 1. The first-order chi connectivity index (χ1) is 28.9. The molecule has 0 spiro atoms. The number of carbonyl (C=O) groups excluding carboxylic acids is 4. The molecule has 0 radical (unpaired) electrons. The summed E-state index contributed by atoms with van der Waals surface area (Å²) in [4.78, 5) is 81.2. The maximum absolute atomic E-state index is 13.7. The Hall–Kier alpha value is -6.52. The van der Waals surface area contributed by atoms with Crippen molar-refractivity contribution in [2.75, 3.05) is 27.3 Å². The molecule has 2 saturated heterocycles. The molecule has 4 amide bonds. The van der Waals surface area contributed by atoms with Crippen LogP contribution in [0.3, 0.4) is 0 Å². The molecule has 5 aromatic heterocycles. The molecule has 0 saturated carbocycles. The average Bonchev–Trinajstić information content (AvgIpc) is 4.09. The number of alkyl carbamates (subject to hydrolysis) is 2. The van der Waals surface area contributed by atoms with Gasteiger partial charge in [0.25, 0.3) is 0 Å². The SMILES string of the molecule is COC(=O)N[C@H](C(=O)N1CCC[C@H]1c1ncc(-c2ccc3c(c2)cc2c4ncc(-c5cnc([C@@H]6CCCN6C(=O)[C@@H](NC(=O)OC)C(C)C)[nH]5)cc4nc(C)n32)[nH]1)C(C)C. The molecule has 6 aromatic rings. The number of methoxy groups -OCH3 is 2. The molecule has 2 aliphatic heterocycles. The molecule has 4 N–H and O–H groups in total. The van der Waals surface area contributed by atoms with Crippen LogP contribution in [0.2, 0.25) is 0 Å². The van der Waals surface area contributed by atoms with Gasteiger partial charge in [-0.2, -0.15) is 0 Å². The summed E-state index contributed by atoms with van der Waals surface area (Å²) in [5.74, 6) is 1.62. The number of nitrogens with zero attached hydrogens (tertiary/aromatic N) is 7. The minimum atomic E-state index is -0.714. The highest BCUT2D eigenvalue weighted by atomic mass is 16.5. The summed E-state index contributed by atoms with van der Waals surface area (Å²) in [7, 11) is 2.57. The quantitative estimate of drug-likeness (QED) is 0.123. The summed E-state index contributed by atoms with van der Waals surface area (Å²) in [5.41, 5.74) is 6.76. The van der Waals surface area contributed by atoms with Gasteiger partial charge in [0.05, 0.1) is 66.6 Å². The van der Waals surface area contributed by atoms with Crippen molar-refractivity contribution in [2.45, 2.75) is 84.5 Å². The van der Waals surface area contributed by atoms with Crippen LogP contribution >= 0.6 is 0 Å². The van der Waals surface area contributed by atoms with Crippen molar-refractivity contribution in [2.24, 2.45) is 11.8 Å². The number of H-pyrrole nitrogens is 2. The average molecular weight is 818 g/mol. The fraction of sp³-hybridized carbons (Fsp3) is 0.442. The van der Waals surface area contributed by atoms with Crippen molar-refractivity contribution in [3.63, 3.8) is 0 Å². The summed E-state index contributed by atoms with van der Waals surface area (Å²) >= 11 is 0. The Morgan fingerprint density at radius 3 is 1.80 bits per heavy atom. The Morgan fingerprint density at radius 2 is 1.27 bits per heavy atom. The highest BCUT2D eigenvalue weighted by Gasteiger charge is 2.39. The van der Waals surface area contributed by atoms with Gasteiger partial charge in [-0.05, 0) is 68.7 Å². The van der Waals surface area contributed by atoms with E-state index in [4.69, 9.17) is 29.4 Å². The second-order valence-electron chi connectivity index (χ2n) is 16.3. The normalized spacial score (nSPS) is 17.9. The Morgan fingerprint density at radius 1 is 0.717 bits per heavy atom. The van der Waals surface area contributed by atoms with Crippen molar-refractivity contribution in [3.05, 3.63) is 66.4 Å². The molecule has 1 aromatic carbocycles. The lowest BCUT2D eigenvalue weighted by molar-refractivity contribution is -0.136. The molecule has 17 heteroatoms. The highest BCUT2D eigenvalue weighted by molar-refractivity contribution is 6.00. The highest BCUT2D eigenvalue weighted by Crippen LogP contribution is 2.36. The topological polar surface area (TPSA) is 205 Å². The molecular formula is C43H51N11O6. The number of ether oxygens (including phenoxy) is 2. The van der Waals surface area contributed by atoms with Crippen LogP contribution in [0.4, 0.5) is 9.59 Å². The van der Waals surface area contributed by atoms with E-state index in [9.17, 15) is 19.2 Å². The van der Waals surface area contributed by atoms with Gasteiger partial charge in [0, 0.05) is 35.8 Å². The molecule has 2 fully saturated rings. The number of fused-ring (bicyclic) bond motifs is 5. The van der Waals surface area contributed by atoms with E-state index >= 15 is 0 Å². The molecule has 314 valence electrons. The molecule has 4 atom stereocenters. The van der Waals surface area contributed by atoms with E-state index < -0.39 is 24.3 Å². The number of likely N-dealkylation sites (tertiary alicyclic amines) is 2. The van der Waals surface area contributed by atoms with Gasteiger partial charge in [-0.25, -0.2) is 24.5 Å². The Labute approximate surface area is 346 Å². The summed E-state index contributed by atoms with van der Waals surface area (Å²) in [5, 5.41) is 6.41. The molecule has 7 heterocycles. The summed E-state index contributed by atoms with van der Waals surface area (Å²) in [6.07, 6.45) is 7.27. The standard InChI is InChI=1S/C43H51N11O6/c1-22(2)35(50-42(57)59-6)40(55)52-14-8-10-32(52)38-45-20-29(48-38)25-12-13-31-26(16-25)18-34-37-28(47-24(5)54(31)34)17-27(19-44-37)30-21-46-39(49-30)33-11-9-15-53(33)41(56)36(23(3)4)51-43(58)60-7/h12-13,16-23,32-33,35-36H,8-11,14-15H2,1-7H3,(H,45,48)(H,46,49)(H,50,57)(H,51,58)/t32-,33-,35-,36-/m0/s1. The van der Waals surface area contributed by atoms with Crippen molar-refractivity contribution in [1.29, 1.82) is 0 Å². The second-order valence-corrected chi connectivity index (χ2v) is 16.3. The molecule has 0 unspecified atom stereocenters. The predicted octanol–water partition coefficient (Wildman–Crippen LogP) is 6.21. The smallest absolute Gasteiger partial charge is 0.407 e. The number of aromatic amines is 2. The van der Waals surface area contributed by atoms with Gasteiger partial charge in [-0.15, -0.1) is 0 Å². The van der Waals surface area contributed by atoms with E-state index in [0.717, 1.165) is 81.5 Å². The number of aromatic nitrogens is 7. The predicted molar refractivity (Wildman–Crippen MR) is 224 cm³/mol. The molecule has 60 heavy (non-hydrogen) atoms. The van der Waals surface area contributed by atoms with Crippen LogP contribution in [-0.2, 0) is 19.1 Å². The maximum atomic E-state index is 13.7. The number of rotatable bonds is 10. The van der Waals surface area contributed by atoms with Gasteiger partial charge >= 0.3 is 12.2 Å². The van der Waals surface area contributed by atoms with Gasteiger partial charge < -0.3 is 39.9 Å². The van der Waals surface area contributed by atoms with Gasteiger partial charge in [0.15, 0.2) is 0 Å². The minimum absolute atomic E-state index is 0.121. The third-order valence-electron chi connectivity index (χ3n) is 11.8. The van der Waals surface area contributed by atoms with E-state index in [1.165, 1.54) is 14.2 Å². The van der Waals surface area contributed by atoms with Crippen LogP contribution < -0.4 is 10.6 Å². The number of nitrogens with one attached hydrogen (secondary N) is 4. The summed E-state index contributed by atoms with van der Waals surface area (Å²) in [6.45, 7) is 10.7. The Balaban J connectivity index is 1.04. The number of hydrogen-bond donors (Lipinski definition) is 4. The van der Waals surface area contributed by atoms with Gasteiger partial charge in [-0.3, -0.25) is 19.0 Å². The second kappa shape index (κ2) is 16.3. The van der Waals surface area contributed by atoms with Crippen LogP contribution in [-0.4, -0.2) is 107 Å². The summed E-state index contributed by atoms with van der Waals surface area (Å²) in [6, 6.07) is 8.44. The van der Waals surface area contributed by atoms with E-state index in [0.29, 0.717) is 24.7 Å². The van der Waals surface area contributed by atoms with Gasteiger partial charge in [0.1, 0.15) is 35.1 Å². The van der Waals surface area contributed by atoms with E-state index in [1.807, 2.05) is 52.9 Å². The van der Waals surface area contributed by atoms with E-state index in [2.05, 4.69) is 43.2 Å². The lowest BCUT2D eigenvalue weighted by Gasteiger charge is -2.30. The van der Waals surface area contributed by atoms with Crippen molar-refractivity contribution < 1.29 is 28.7 Å². The molecular weight excluding hydrogens is 767 g/mol. The number of aryl methyl sites for hydroxylation is 1. The molecule has 8 rings (SSSR count). The fourth-order valence-electron chi connectivity index (χ4n) is 8.70. The molecule has 0 bridgehead atoms. The van der Waals surface area contributed by atoms with Crippen molar-refractivity contribution in [3.8, 4) is 22.5 Å². The van der Waals surface area contributed by atoms with Crippen LogP contribution in [0.5, 0.6) is 0 Å². The zero-order valence-electron chi connectivity index (χ0n) is 34.9. The van der Waals surface area contributed by atoms with Crippen molar-refractivity contribution in [1.82, 2.24) is 54.7 Å². The Bertz CT molecular complexity index is 2610. The molecule has 0 aliphatic carbocycles. The van der Waals surface area contributed by atoms with Gasteiger partial charge in [0.2, 0.25) is 11.8 Å². The first-order valence-electron chi connectivity index (χ1n) is 20.5. The Kier molecular flexibility index (Phi) is 10.9. The fourth-order valence-corrected chi connectivity index (χ4v) is 8.70. The van der Waals surface area contributed by atoms with Crippen LogP contribution in [0.25, 0.3) is 50.0 Å². The van der Waals surface area contributed by atoms with Crippen LogP contribution in [0, 0.1) is 18.8 Å². The van der Waals surface area contributed by atoms with Crippen LogP contribution in [0.1, 0.15) is 82.9 Å². The zero-order chi connectivity index (χ0) is 42.4. The molecule has 17 nitrogen and oxygen atoms in total. The monoisotopic (exact) mass is 817 g/mol. The van der Waals surface area contributed by atoms with E-state index in [1.54, 1.807) is 22.2 Å². The summed E-state index contributed by atoms with van der Waals surface area (Å²) < 4.78 is 11.7. The first-order valence-corrected chi connectivity index (χ1v) is 20.5. The van der Waals surface area contributed by atoms with E-state index in [-0.39, 0.29) is 35.7 Å².